The summed E-state index contributed by atoms with van der Waals surface area (Å²) in [5.41, 5.74) is -0.405. The van der Waals surface area contributed by atoms with Crippen LogP contribution in [0, 0.1) is 11.3 Å². The number of sulfonamides is 1. The average Bonchev–Trinajstić information content (AvgIpc) is 2.99. The SMILES string of the molecule is COC(=O)[C@]12CN(C)C[C@H]1CN(C1CCN(S(C)(=O)=O)CC1)C2. The fourth-order valence-corrected chi connectivity index (χ4v) is 5.54. The molecule has 7 nitrogen and oxygen atoms in total. The number of carbonyl (C=O) groups excluding carboxylic acids is 1. The van der Waals surface area contributed by atoms with Crippen molar-refractivity contribution < 1.29 is 17.9 Å². The van der Waals surface area contributed by atoms with Crippen LogP contribution in [-0.4, -0.2) is 94.2 Å². The number of nitrogens with zero attached hydrogens (tertiary/aromatic N) is 3. The summed E-state index contributed by atoms with van der Waals surface area (Å²) in [6.45, 7) is 4.48. The summed E-state index contributed by atoms with van der Waals surface area (Å²) in [5.74, 6) is 0.218. The second-order valence-corrected chi connectivity index (χ2v) is 9.35. The number of rotatable bonds is 3. The first kappa shape index (κ1) is 17.1. The van der Waals surface area contributed by atoms with Gasteiger partial charge in [-0.2, -0.15) is 0 Å². The molecule has 3 saturated heterocycles. The van der Waals surface area contributed by atoms with Crippen molar-refractivity contribution in [3.63, 3.8) is 0 Å². The second kappa shape index (κ2) is 5.98. The van der Waals surface area contributed by atoms with E-state index in [-0.39, 0.29) is 5.97 Å². The van der Waals surface area contributed by atoms with Gasteiger partial charge in [0.1, 0.15) is 0 Å². The van der Waals surface area contributed by atoms with E-state index in [0.717, 1.165) is 39.0 Å². The lowest BCUT2D eigenvalue weighted by atomic mass is 9.81. The molecule has 0 saturated carbocycles. The van der Waals surface area contributed by atoms with Crippen molar-refractivity contribution in [2.45, 2.75) is 18.9 Å². The summed E-state index contributed by atoms with van der Waals surface area (Å²) in [6, 6.07) is 0.366. The summed E-state index contributed by atoms with van der Waals surface area (Å²) >= 11 is 0. The molecule has 3 aliphatic rings. The molecule has 3 aliphatic heterocycles. The Morgan fingerprint density at radius 2 is 1.83 bits per heavy atom. The fourth-order valence-electron chi connectivity index (χ4n) is 4.66. The molecule has 0 amide bonds. The van der Waals surface area contributed by atoms with E-state index in [9.17, 15) is 13.2 Å². The number of ether oxygens (including phenoxy) is 1. The van der Waals surface area contributed by atoms with Crippen molar-refractivity contribution in [2.75, 3.05) is 59.7 Å². The van der Waals surface area contributed by atoms with E-state index in [1.165, 1.54) is 13.4 Å². The van der Waals surface area contributed by atoms with Gasteiger partial charge in [-0.3, -0.25) is 9.69 Å². The third-order valence-electron chi connectivity index (χ3n) is 5.81. The lowest BCUT2D eigenvalue weighted by Gasteiger charge is -2.36. The first-order chi connectivity index (χ1) is 10.8. The van der Waals surface area contributed by atoms with Crippen molar-refractivity contribution >= 4 is 16.0 Å². The molecule has 0 radical (unpaired) electrons. The van der Waals surface area contributed by atoms with Gasteiger partial charge in [0, 0.05) is 51.2 Å². The molecule has 2 atom stereocenters. The highest BCUT2D eigenvalue weighted by Gasteiger charge is 2.58. The van der Waals surface area contributed by atoms with Crippen LogP contribution in [-0.2, 0) is 19.6 Å². The third kappa shape index (κ3) is 3.01. The molecule has 0 aromatic heterocycles. The molecule has 0 bridgehead atoms. The number of piperidine rings is 1. The molecule has 0 aromatic rings. The van der Waals surface area contributed by atoms with E-state index in [0.29, 0.717) is 25.0 Å². The van der Waals surface area contributed by atoms with Gasteiger partial charge >= 0.3 is 5.97 Å². The van der Waals surface area contributed by atoms with E-state index in [2.05, 4.69) is 16.8 Å². The molecule has 8 heteroatoms. The summed E-state index contributed by atoms with van der Waals surface area (Å²) in [6.07, 6.45) is 2.95. The smallest absolute Gasteiger partial charge is 0.314 e. The van der Waals surface area contributed by atoms with Crippen LogP contribution in [0.25, 0.3) is 0 Å². The molecular weight excluding hydrogens is 318 g/mol. The Bertz CT molecular complexity index is 573. The normalized spacial score (nSPS) is 34.7. The number of carbonyl (C=O) groups is 1. The topological polar surface area (TPSA) is 70.2 Å². The minimum Gasteiger partial charge on any atom is -0.469 e. The number of hydrogen-bond acceptors (Lipinski definition) is 6. The molecule has 3 heterocycles. The Kier molecular flexibility index (Phi) is 4.46. The fraction of sp³-hybridized carbons (Fsp3) is 0.933. The first-order valence-corrected chi connectivity index (χ1v) is 10.1. The number of hydrogen-bond donors (Lipinski definition) is 0. The van der Waals surface area contributed by atoms with E-state index in [4.69, 9.17) is 4.74 Å². The molecule has 0 aromatic carbocycles. The zero-order chi connectivity index (χ0) is 16.8. The van der Waals surface area contributed by atoms with E-state index >= 15 is 0 Å². The molecule has 0 spiro atoms. The summed E-state index contributed by atoms with van der Waals surface area (Å²) in [5, 5.41) is 0. The van der Waals surface area contributed by atoms with Gasteiger partial charge in [0.15, 0.2) is 0 Å². The molecule has 0 unspecified atom stereocenters. The minimum atomic E-state index is -3.09. The molecule has 3 fully saturated rings. The highest BCUT2D eigenvalue weighted by molar-refractivity contribution is 7.88. The quantitative estimate of drug-likeness (QED) is 0.639. The van der Waals surface area contributed by atoms with Gasteiger partial charge in [0.25, 0.3) is 0 Å². The van der Waals surface area contributed by atoms with Gasteiger partial charge in [0.05, 0.1) is 18.8 Å². The van der Waals surface area contributed by atoms with Crippen molar-refractivity contribution in [2.24, 2.45) is 11.3 Å². The Morgan fingerprint density at radius 1 is 1.17 bits per heavy atom. The minimum absolute atomic E-state index is 0.0945. The monoisotopic (exact) mass is 345 g/mol. The molecule has 132 valence electrons. The number of methoxy groups -OCH3 is 1. The van der Waals surface area contributed by atoms with Crippen LogP contribution in [0.3, 0.4) is 0 Å². The maximum absolute atomic E-state index is 12.4. The van der Waals surface area contributed by atoms with Gasteiger partial charge in [-0.05, 0) is 19.9 Å². The standard InChI is InChI=1S/C15H27N3O4S/c1-16-8-12-9-17(11-15(12,10-16)14(19)22-2)13-4-6-18(7-5-13)23(3,20)21/h12-13H,4-11H2,1-3H3/t12-,15-/m0/s1. The van der Waals surface area contributed by atoms with Crippen molar-refractivity contribution in [3.8, 4) is 0 Å². The number of fused-ring (bicyclic) bond motifs is 1. The predicted molar refractivity (Wildman–Crippen MR) is 86.4 cm³/mol. The van der Waals surface area contributed by atoms with Crippen LogP contribution in [0.5, 0.6) is 0 Å². The van der Waals surface area contributed by atoms with Gasteiger partial charge in [-0.1, -0.05) is 0 Å². The molecule has 23 heavy (non-hydrogen) atoms. The Labute approximate surface area is 138 Å². The van der Waals surface area contributed by atoms with Crippen LogP contribution in [0.4, 0.5) is 0 Å². The Balaban J connectivity index is 1.67. The maximum atomic E-state index is 12.4. The van der Waals surface area contributed by atoms with Crippen molar-refractivity contribution in [1.29, 1.82) is 0 Å². The maximum Gasteiger partial charge on any atom is 0.314 e. The van der Waals surface area contributed by atoms with Crippen molar-refractivity contribution in [1.82, 2.24) is 14.1 Å². The summed E-state index contributed by atoms with van der Waals surface area (Å²) < 4.78 is 29.9. The largest absolute Gasteiger partial charge is 0.469 e. The predicted octanol–water partition coefficient (Wildman–Crippen LogP) is -0.553. The highest BCUT2D eigenvalue weighted by Crippen LogP contribution is 2.44. The van der Waals surface area contributed by atoms with Gasteiger partial charge in [-0.25, -0.2) is 12.7 Å². The number of likely N-dealkylation sites (tertiary alicyclic amines) is 2. The Hall–Kier alpha value is -0.700. The Morgan fingerprint density at radius 3 is 2.39 bits per heavy atom. The van der Waals surface area contributed by atoms with Crippen LogP contribution in [0.1, 0.15) is 12.8 Å². The van der Waals surface area contributed by atoms with Crippen LogP contribution >= 0.6 is 0 Å². The second-order valence-electron chi connectivity index (χ2n) is 7.36. The first-order valence-electron chi connectivity index (χ1n) is 8.22. The molecular formula is C15H27N3O4S. The molecule has 0 N–H and O–H groups in total. The van der Waals surface area contributed by atoms with Crippen LogP contribution in [0.15, 0.2) is 0 Å². The van der Waals surface area contributed by atoms with E-state index in [1.54, 1.807) is 4.31 Å². The van der Waals surface area contributed by atoms with Gasteiger partial charge in [-0.15, -0.1) is 0 Å². The van der Waals surface area contributed by atoms with Gasteiger partial charge < -0.3 is 9.64 Å². The summed E-state index contributed by atoms with van der Waals surface area (Å²) in [7, 11) is 0.435. The zero-order valence-corrected chi connectivity index (χ0v) is 15.0. The lowest BCUT2D eigenvalue weighted by Crippen LogP contribution is -2.48. The van der Waals surface area contributed by atoms with Crippen LogP contribution in [0.2, 0.25) is 0 Å². The van der Waals surface area contributed by atoms with Crippen LogP contribution < -0.4 is 0 Å². The highest BCUT2D eigenvalue weighted by atomic mass is 32.2. The van der Waals surface area contributed by atoms with E-state index < -0.39 is 15.4 Å². The zero-order valence-electron chi connectivity index (χ0n) is 14.2. The summed E-state index contributed by atoms with van der Waals surface area (Å²) in [4.78, 5) is 17.0. The third-order valence-corrected chi connectivity index (χ3v) is 7.11. The molecule has 0 aliphatic carbocycles. The molecule has 3 rings (SSSR count). The van der Waals surface area contributed by atoms with E-state index in [1.807, 2.05) is 0 Å². The average molecular weight is 345 g/mol. The van der Waals surface area contributed by atoms with Crippen molar-refractivity contribution in [3.05, 3.63) is 0 Å². The number of esters is 1. The van der Waals surface area contributed by atoms with Gasteiger partial charge in [0.2, 0.25) is 10.0 Å². The lowest BCUT2D eigenvalue weighted by molar-refractivity contribution is -0.152.